The number of fused-ring (bicyclic) bond motifs is 1. The van der Waals surface area contributed by atoms with Crippen molar-refractivity contribution in [3.8, 4) is 0 Å². The second kappa shape index (κ2) is 3.64. The molecule has 0 aliphatic heterocycles. The number of hydrogen-bond acceptors (Lipinski definition) is 1. The quantitative estimate of drug-likeness (QED) is 0.710. The fourth-order valence-electron chi connectivity index (χ4n) is 1.43. The van der Waals surface area contributed by atoms with Crippen LogP contribution in [0.1, 0.15) is 11.7 Å². The van der Waals surface area contributed by atoms with Crippen molar-refractivity contribution in [2.75, 3.05) is 0 Å². The Morgan fingerprint density at radius 2 is 2.00 bits per heavy atom. The molecule has 69 valence electrons. The van der Waals surface area contributed by atoms with E-state index in [-0.39, 0.29) is 0 Å². The average Bonchev–Trinajstić information content (AvgIpc) is 2.27. The first-order chi connectivity index (χ1) is 6.81. The van der Waals surface area contributed by atoms with Gasteiger partial charge in [-0.2, -0.15) is 0 Å². The van der Waals surface area contributed by atoms with Gasteiger partial charge in [-0.15, -0.1) is 6.58 Å². The van der Waals surface area contributed by atoms with Crippen molar-refractivity contribution < 1.29 is 5.11 Å². The standard InChI is InChI=1S/C13H11O/c1-2-13(14)12-8-7-10-5-3-4-6-11(10)9-12/h2-8,13-14H,1H2. The van der Waals surface area contributed by atoms with Gasteiger partial charge in [0.2, 0.25) is 0 Å². The molecule has 2 aromatic rings. The van der Waals surface area contributed by atoms with Crippen LogP contribution >= 0.6 is 0 Å². The Morgan fingerprint density at radius 3 is 2.79 bits per heavy atom. The molecule has 1 heteroatoms. The lowest BCUT2D eigenvalue weighted by molar-refractivity contribution is 0.229. The first kappa shape index (κ1) is 8.97. The Morgan fingerprint density at radius 1 is 1.21 bits per heavy atom. The molecule has 1 unspecified atom stereocenters. The summed E-state index contributed by atoms with van der Waals surface area (Å²) in [6.45, 7) is 3.55. The summed E-state index contributed by atoms with van der Waals surface area (Å²) in [6.07, 6.45) is 0.875. The van der Waals surface area contributed by atoms with Crippen LogP contribution in [0.25, 0.3) is 10.8 Å². The summed E-state index contributed by atoms with van der Waals surface area (Å²) in [5, 5.41) is 11.7. The summed E-state index contributed by atoms with van der Waals surface area (Å²) in [4.78, 5) is 0. The summed E-state index contributed by atoms with van der Waals surface area (Å²) < 4.78 is 0. The second-order valence-electron chi connectivity index (χ2n) is 3.18. The molecule has 1 radical (unpaired) electrons. The summed E-state index contributed by atoms with van der Waals surface area (Å²) >= 11 is 0. The van der Waals surface area contributed by atoms with Gasteiger partial charge in [-0.3, -0.25) is 0 Å². The average molecular weight is 183 g/mol. The van der Waals surface area contributed by atoms with Gasteiger partial charge in [-0.1, -0.05) is 42.5 Å². The highest BCUT2D eigenvalue weighted by molar-refractivity contribution is 5.82. The van der Waals surface area contributed by atoms with Gasteiger partial charge in [0.15, 0.2) is 0 Å². The van der Waals surface area contributed by atoms with E-state index < -0.39 is 6.10 Å². The molecule has 1 N–H and O–H groups in total. The van der Waals surface area contributed by atoms with E-state index in [0.717, 1.165) is 16.3 Å². The summed E-state index contributed by atoms with van der Waals surface area (Å²) in [5.41, 5.74) is 0.763. The SMILES string of the molecule is C=CC(O)c1[c]c2ccccc2cc1. The van der Waals surface area contributed by atoms with Gasteiger partial charge in [0, 0.05) is 0 Å². The van der Waals surface area contributed by atoms with E-state index >= 15 is 0 Å². The van der Waals surface area contributed by atoms with Gasteiger partial charge < -0.3 is 5.11 Å². The zero-order valence-corrected chi connectivity index (χ0v) is 7.77. The van der Waals surface area contributed by atoms with E-state index in [1.54, 1.807) is 0 Å². The number of hydrogen-bond donors (Lipinski definition) is 1. The Kier molecular flexibility index (Phi) is 2.33. The smallest absolute Gasteiger partial charge is 0.0975 e. The third kappa shape index (κ3) is 1.54. The maximum Gasteiger partial charge on any atom is 0.0975 e. The molecule has 0 aromatic heterocycles. The van der Waals surface area contributed by atoms with Gasteiger partial charge in [0.05, 0.1) is 6.10 Å². The number of aliphatic hydroxyl groups is 1. The molecule has 1 nitrogen and oxygen atoms in total. The van der Waals surface area contributed by atoms with Crippen LogP contribution < -0.4 is 0 Å². The lowest BCUT2D eigenvalue weighted by Gasteiger charge is -2.05. The second-order valence-corrected chi connectivity index (χ2v) is 3.18. The third-order valence-corrected chi connectivity index (χ3v) is 2.22. The van der Waals surface area contributed by atoms with Crippen LogP contribution in [0.5, 0.6) is 0 Å². The lowest BCUT2D eigenvalue weighted by Crippen LogP contribution is -1.92. The zero-order valence-electron chi connectivity index (χ0n) is 7.77. The fourth-order valence-corrected chi connectivity index (χ4v) is 1.43. The van der Waals surface area contributed by atoms with Crippen molar-refractivity contribution in [2.45, 2.75) is 6.10 Å². The molecule has 0 bridgehead atoms. The summed E-state index contributed by atoms with van der Waals surface area (Å²) in [5.74, 6) is 0. The van der Waals surface area contributed by atoms with Crippen molar-refractivity contribution in [3.05, 3.63) is 60.7 Å². The number of rotatable bonds is 2. The third-order valence-electron chi connectivity index (χ3n) is 2.22. The molecule has 0 amide bonds. The highest BCUT2D eigenvalue weighted by atomic mass is 16.3. The monoisotopic (exact) mass is 183 g/mol. The van der Waals surface area contributed by atoms with Crippen molar-refractivity contribution in [1.82, 2.24) is 0 Å². The predicted octanol–water partition coefficient (Wildman–Crippen LogP) is 2.86. The summed E-state index contributed by atoms with van der Waals surface area (Å²) in [7, 11) is 0. The lowest BCUT2D eigenvalue weighted by atomic mass is 10.0. The van der Waals surface area contributed by atoms with Crippen molar-refractivity contribution in [2.24, 2.45) is 0 Å². The Balaban J connectivity index is 2.56. The Hall–Kier alpha value is -1.60. The van der Waals surface area contributed by atoms with Gasteiger partial charge in [-0.05, 0) is 22.4 Å². The van der Waals surface area contributed by atoms with E-state index in [9.17, 15) is 5.11 Å². The van der Waals surface area contributed by atoms with Gasteiger partial charge >= 0.3 is 0 Å². The maximum absolute atomic E-state index is 9.54. The van der Waals surface area contributed by atoms with E-state index in [1.165, 1.54) is 6.08 Å². The molecule has 14 heavy (non-hydrogen) atoms. The molecular formula is C13H11O. The molecule has 2 rings (SSSR count). The fraction of sp³-hybridized carbons (Fsp3) is 0.0769. The highest BCUT2D eigenvalue weighted by Crippen LogP contribution is 2.19. The molecule has 0 fully saturated rings. The molecule has 1 atom stereocenters. The van der Waals surface area contributed by atoms with Crippen LogP contribution in [0.3, 0.4) is 0 Å². The normalized spacial score (nSPS) is 12.6. The minimum atomic E-state index is -0.625. The topological polar surface area (TPSA) is 20.2 Å². The van der Waals surface area contributed by atoms with E-state index in [2.05, 4.69) is 12.6 Å². The van der Waals surface area contributed by atoms with Gasteiger partial charge in [0.25, 0.3) is 0 Å². The first-order valence-electron chi connectivity index (χ1n) is 4.53. The van der Waals surface area contributed by atoms with Crippen LogP contribution in [0.15, 0.2) is 49.1 Å². The van der Waals surface area contributed by atoms with Crippen molar-refractivity contribution in [3.63, 3.8) is 0 Å². The van der Waals surface area contributed by atoms with Crippen LogP contribution in [-0.4, -0.2) is 5.11 Å². The maximum atomic E-state index is 9.54. The zero-order chi connectivity index (χ0) is 9.97. The van der Waals surface area contributed by atoms with Gasteiger partial charge in [-0.25, -0.2) is 0 Å². The molecule has 0 saturated heterocycles. The van der Waals surface area contributed by atoms with E-state index in [1.807, 2.05) is 36.4 Å². The minimum Gasteiger partial charge on any atom is -0.384 e. The molecule has 2 aromatic carbocycles. The summed E-state index contributed by atoms with van der Waals surface area (Å²) in [6, 6.07) is 15.0. The molecule has 0 spiro atoms. The highest BCUT2D eigenvalue weighted by Gasteiger charge is 2.03. The largest absolute Gasteiger partial charge is 0.384 e. The molecule has 0 aliphatic carbocycles. The molecular weight excluding hydrogens is 172 g/mol. The van der Waals surface area contributed by atoms with E-state index in [4.69, 9.17) is 0 Å². The Labute approximate surface area is 83.3 Å². The Bertz CT molecular complexity index is 459. The van der Waals surface area contributed by atoms with Crippen molar-refractivity contribution in [1.29, 1.82) is 0 Å². The molecule has 0 saturated carbocycles. The van der Waals surface area contributed by atoms with Crippen LogP contribution in [0.2, 0.25) is 0 Å². The number of benzene rings is 2. The van der Waals surface area contributed by atoms with Crippen LogP contribution in [0, 0.1) is 6.07 Å². The van der Waals surface area contributed by atoms with Crippen molar-refractivity contribution >= 4 is 10.8 Å². The van der Waals surface area contributed by atoms with Crippen LogP contribution in [0.4, 0.5) is 0 Å². The molecule has 0 aliphatic rings. The minimum absolute atomic E-state index is 0.625. The molecule has 0 heterocycles. The predicted molar refractivity (Wildman–Crippen MR) is 57.9 cm³/mol. The van der Waals surface area contributed by atoms with Crippen LogP contribution in [-0.2, 0) is 0 Å². The first-order valence-corrected chi connectivity index (χ1v) is 4.53. The number of aliphatic hydroxyl groups excluding tert-OH is 1. The van der Waals surface area contributed by atoms with E-state index in [0.29, 0.717) is 0 Å². The van der Waals surface area contributed by atoms with Gasteiger partial charge in [0.1, 0.15) is 0 Å².